The number of aldehydes is 1. The van der Waals surface area contributed by atoms with Crippen LogP contribution in [0.2, 0.25) is 0 Å². The van der Waals surface area contributed by atoms with Crippen LogP contribution in [0.1, 0.15) is 21.5 Å². The molecule has 19 heavy (non-hydrogen) atoms. The zero-order chi connectivity index (χ0) is 13.8. The molecule has 0 saturated heterocycles. The third kappa shape index (κ3) is 2.48. The first kappa shape index (κ1) is 12.8. The van der Waals surface area contributed by atoms with Gasteiger partial charge in [0.05, 0.1) is 18.7 Å². The van der Waals surface area contributed by atoms with Crippen LogP contribution in [0.3, 0.4) is 0 Å². The smallest absolute Gasteiger partial charge is 0.150 e. The van der Waals surface area contributed by atoms with Gasteiger partial charge in [-0.15, -0.1) is 0 Å². The van der Waals surface area contributed by atoms with Gasteiger partial charge in [-0.3, -0.25) is 4.79 Å². The molecule has 0 fully saturated rings. The van der Waals surface area contributed by atoms with Gasteiger partial charge < -0.3 is 4.74 Å². The molecule has 0 spiro atoms. The highest BCUT2D eigenvalue weighted by atomic mass is 16.5. The number of nitrogens with zero attached hydrogens (tertiary/aromatic N) is 1. The van der Waals surface area contributed by atoms with E-state index in [9.17, 15) is 4.79 Å². The van der Waals surface area contributed by atoms with Crippen molar-refractivity contribution in [2.24, 2.45) is 0 Å². The van der Waals surface area contributed by atoms with Crippen LogP contribution < -0.4 is 4.74 Å². The summed E-state index contributed by atoms with van der Waals surface area (Å²) in [5.74, 6) is 0.637. The van der Waals surface area contributed by atoms with Gasteiger partial charge in [0.1, 0.15) is 5.75 Å². The molecule has 0 aromatic heterocycles. The highest BCUT2D eigenvalue weighted by Gasteiger charge is 2.08. The summed E-state index contributed by atoms with van der Waals surface area (Å²) in [7, 11) is 1.56. The lowest BCUT2D eigenvalue weighted by atomic mass is 9.97. The molecule has 0 heterocycles. The zero-order valence-electron chi connectivity index (χ0n) is 10.8. The van der Waals surface area contributed by atoms with E-state index in [1.807, 2.05) is 25.1 Å². The first-order chi connectivity index (χ1) is 9.19. The molecule has 2 rings (SSSR count). The van der Waals surface area contributed by atoms with Crippen LogP contribution in [-0.4, -0.2) is 13.4 Å². The Bertz CT molecular complexity index is 669. The third-order valence-electron chi connectivity index (χ3n) is 3.05. The van der Waals surface area contributed by atoms with Crippen LogP contribution in [0.4, 0.5) is 0 Å². The van der Waals surface area contributed by atoms with Gasteiger partial charge in [0, 0.05) is 5.56 Å². The Hall–Kier alpha value is -2.60. The Kier molecular flexibility index (Phi) is 3.63. The molecule has 2 aromatic carbocycles. The second-order valence-electron chi connectivity index (χ2n) is 4.21. The maximum absolute atomic E-state index is 11.2. The average Bonchev–Trinajstić information content (AvgIpc) is 2.47. The van der Waals surface area contributed by atoms with Crippen molar-refractivity contribution in [1.82, 2.24) is 0 Å². The molecule has 0 aliphatic rings. The lowest BCUT2D eigenvalue weighted by Gasteiger charge is -2.08. The highest BCUT2D eigenvalue weighted by molar-refractivity contribution is 5.88. The number of aryl methyl sites for hydroxylation is 1. The predicted octanol–water partition coefficient (Wildman–Crippen LogP) is 3.35. The Morgan fingerprint density at radius 1 is 1.21 bits per heavy atom. The lowest BCUT2D eigenvalue weighted by molar-refractivity contribution is 0.112. The van der Waals surface area contributed by atoms with E-state index >= 15 is 0 Å². The fourth-order valence-electron chi connectivity index (χ4n) is 1.94. The van der Waals surface area contributed by atoms with Gasteiger partial charge in [-0.1, -0.05) is 12.1 Å². The third-order valence-corrected chi connectivity index (χ3v) is 3.05. The lowest BCUT2D eigenvalue weighted by Crippen LogP contribution is -1.92. The maximum atomic E-state index is 11.2. The number of hydrogen-bond donors (Lipinski definition) is 0. The number of carbonyl (C=O) groups excluding carboxylic acids is 1. The van der Waals surface area contributed by atoms with Crippen LogP contribution in [0.25, 0.3) is 11.1 Å². The van der Waals surface area contributed by atoms with E-state index < -0.39 is 0 Å². The minimum absolute atomic E-state index is 0.548. The second kappa shape index (κ2) is 5.36. The molecule has 0 radical (unpaired) electrons. The minimum atomic E-state index is 0.548. The van der Waals surface area contributed by atoms with Crippen molar-refractivity contribution in [2.75, 3.05) is 7.11 Å². The van der Waals surface area contributed by atoms with E-state index in [2.05, 4.69) is 6.07 Å². The summed E-state index contributed by atoms with van der Waals surface area (Å²) in [4.78, 5) is 11.2. The number of rotatable bonds is 3. The fraction of sp³-hybridized carbons (Fsp3) is 0.125. The van der Waals surface area contributed by atoms with Crippen LogP contribution in [0.15, 0.2) is 36.4 Å². The molecule has 0 aliphatic heterocycles. The molecular weight excluding hydrogens is 238 g/mol. The van der Waals surface area contributed by atoms with Crippen molar-refractivity contribution >= 4 is 6.29 Å². The summed E-state index contributed by atoms with van der Waals surface area (Å²) in [6, 6.07) is 13.1. The summed E-state index contributed by atoms with van der Waals surface area (Å²) in [5.41, 5.74) is 3.74. The van der Waals surface area contributed by atoms with Gasteiger partial charge >= 0.3 is 0 Å². The SMILES string of the molecule is COc1ccc(-c2ccc(C)c(C#N)c2)c(C=O)c1. The topological polar surface area (TPSA) is 50.1 Å². The first-order valence-electron chi connectivity index (χ1n) is 5.84. The molecular formula is C16H13NO2. The molecule has 2 aromatic rings. The largest absolute Gasteiger partial charge is 0.497 e. The van der Waals surface area contributed by atoms with Crippen LogP contribution in [-0.2, 0) is 0 Å². The number of hydrogen-bond acceptors (Lipinski definition) is 3. The van der Waals surface area contributed by atoms with E-state index in [1.165, 1.54) is 0 Å². The summed E-state index contributed by atoms with van der Waals surface area (Å²) in [6.07, 6.45) is 0.795. The Morgan fingerprint density at radius 3 is 2.63 bits per heavy atom. The van der Waals surface area contributed by atoms with Gasteiger partial charge in [0.15, 0.2) is 6.29 Å². The normalized spacial score (nSPS) is 9.74. The second-order valence-corrected chi connectivity index (χ2v) is 4.21. The van der Waals surface area contributed by atoms with E-state index in [0.717, 1.165) is 23.0 Å². The van der Waals surface area contributed by atoms with Crippen molar-refractivity contribution in [3.63, 3.8) is 0 Å². The van der Waals surface area contributed by atoms with Gasteiger partial charge in [0.2, 0.25) is 0 Å². The van der Waals surface area contributed by atoms with Crippen LogP contribution >= 0.6 is 0 Å². The van der Waals surface area contributed by atoms with Crippen molar-refractivity contribution in [2.45, 2.75) is 6.92 Å². The van der Waals surface area contributed by atoms with Crippen molar-refractivity contribution in [1.29, 1.82) is 5.26 Å². The summed E-state index contributed by atoms with van der Waals surface area (Å²) < 4.78 is 5.10. The Balaban J connectivity index is 2.59. The summed E-state index contributed by atoms with van der Waals surface area (Å²) in [6.45, 7) is 1.89. The van der Waals surface area contributed by atoms with Gasteiger partial charge in [-0.2, -0.15) is 5.26 Å². The van der Waals surface area contributed by atoms with Gasteiger partial charge in [0.25, 0.3) is 0 Å². The summed E-state index contributed by atoms with van der Waals surface area (Å²) >= 11 is 0. The zero-order valence-corrected chi connectivity index (χ0v) is 10.8. The maximum Gasteiger partial charge on any atom is 0.150 e. The molecule has 0 unspecified atom stereocenters. The molecule has 0 N–H and O–H groups in total. The Labute approximate surface area is 112 Å². The van der Waals surface area contributed by atoms with E-state index in [-0.39, 0.29) is 0 Å². The molecule has 3 heteroatoms. The predicted molar refractivity (Wildman–Crippen MR) is 73.3 cm³/mol. The molecule has 0 bridgehead atoms. The van der Waals surface area contributed by atoms with Gasteiger partial charge in [-0.05, 0) is 47.9 Å². The molecule has 0 saturated carbocycles. The quantitative estimate of drug-likeness (QED) is 0.786. The molecule has 0 atom stereocenters. The number of nitriles is 1. The molecule has 94 valence electrons. The monoisotopic (exact) mass is 251 g/mol. The number of ether oxygens (including phenoxy) is 1. The molecule has 3 nitrogen and oxygen atoms in total. The standard InChI is InChI=1S/C16H13NO2/c1-11-3-4-12(7-13(11)9-17)16-6-5-15(19-2)8-14(16)10-18/h3-8,10H,1-2H3. The van der Waals surface area contributed by atoms with Crippen molar-refractivity contribution in [3.8, 4) is 22.9 Å². The minimum Gasteiger partial charge on any atom is -0.497 e. The van der Waals surface area contributed by atoms with Crippen molar-refractivity contribution in [3.05, 3.63) is 53.1 Å². The Morgan fingerprint density at radius 2 is 2.00 bits per heavy atom. The molecule has 0 amide bonds. The fourth-order valence-corrected chi connectivity index (χ4v) is 1.94. The van der Waals surface area contributed by atoms with E-state index in [0.29, 0.717) is 16.9 Å². The number of methoxy groups -OCH3 is 1. The first-order valence-corrected chi connectivity index (χ1v) is 5.84. The van der Waals surface area contributed by atoms with E-state index in [4.69, 9.17) is 10.00 Å². The highest BCUT2D eigenvalue weighted by Crippen LogP contribution is 2.27. The van der Waals surface area contributed by atoms with Crippen molar-refractivity contribution < 1.29 is 9.53 Å². The number of carbonyl (C=O) groups is 1. The number of benzene rings is 2. The van der Waals surface area contributed by atoms with Crippen LogP contribution in [0.5, 0.6) is 5.75 Å². The van der Waals surface area contributed by atoms with E-state index in [1.54, 1.807) is 25.3 Å². The summed E-state index contributed by atoms with van der Waals surface area (Å²) in [5, 5.41) is 9.06. The van der Waals surface area contributed by atoms with Crippen LogP contribution in [0, 0.1) is 18.3 Å². The van der Waals surface area contributed by atoms with Gasteiger partial charge in [-0.25, -0.2) is 0 Å². The molecule has 0 aliphatic carbocycles. The average molecular weight is 251 g/mol.